The SMILES string of the molecule is Cc1c[n+]2n3c1c1ccccc1c1ccc4c(c13)C21c2c(cccc2Oc2cccc[n+]21)O4. The molecule has 1 spiro atoms. The number of ether oxygens (including phenoxy) is 2. The summed E-state index contributed by atoms with van der Waals surface area (Å²) in [7, 11) is 0. The number of benzene rings is 3. The highest BCUT2D eigenvalue weighted by Crippen LogP contribution is 2.56. The van der Waals surface area contributed by atoms with Gasteiger partial charge in [-0.15, -0.1) is 4.52 Å². The van der Waals surface area contributed by atoms with Crippen LogP contribution in [0, 0.1) is 6.92 Å². The molecule has 6 aromatic rings. The van der Waals surface area contributed by atoms with Crippen LogP contribution in [0.2, 0.25) is 0 Å². The van der Waals surface area contributed by atoms with E-state index in [2.05, 4.69) is 75.5 Å². The van der Waals surface area contributed by atoms with Crippen molar-refractivity contribution >= 4 is 27.2 Å². The third kappa shape index (κ3) is 1.54. The lowest BCUT2D eigenvalue weighted by Gasteiger charge is -2.31. The van der Waals surface area contributed by atoms with Gasteiger partial charge < -0.3 is 9.47 Å². The molecule has 3 aliphatic rings. The van der Waals surface area contributed by atoms with Crippen molar-refractivity contribution in [2.45, 2.75) is 12.6 Å². The van der Waals surface area contributed by atoms with Crippen LogP contribution in [0.15, 0.2) is 85.2 Å². The van der Waals surface area contributed by atoms with Gasteiger partial charge in [-0.05, 0) is 47.3 Å². The Kier molecular flexibility index (Phi) is 2.46. The van der Waals surface area contributed by atoms with E-state index in [1.54, 1.807) is 0 Å². The number of rotatable bonds is 0. The van der Waals surface area contributed by atoms with Crippen LogP contribution in [0.4, 0.5) is 0 Å². The van der Waals surface area contributed by atoms with Crippen LogP contribution in [0.5, 0.6) is 23.1 Å². The van der Waals surface area contributed by atoms with E-state index in [9.17, 15) is 0 Å². The van der Waals surface area contributed by atoms with Crippen molar-refractivity contribution in [3.63, 3.8) is 0 Å². The summed E-state index contributed by atoms with van der Waals surface area (Å²) < 4.78 is 20.0. The fourth-order valence-corrected chi connectivity index (χ4v) is 6.46. The summed E-state index contributed by atoms with van der Waals surface area (Å²) in [6.07, 6.45) is 4.41. The lowest BCUT2D eigenvalue weighted by Crippen LogP contribution is -2.75. The van der Waals surface area contributed by atoms with Crippen LogP contribution in [-0.2, 0) is 5.66 Å². The maximum atomic E-state index is 6.54. The van der Waals surface area contributed by atoms with E-state index >= 15 is 0 Å². The highest BCUT2D eigenvalue weighted by Gasteiger charge is 2.70. The number of aryl methyl sites for hydroxylation is 1. The van der Waals surface area contributed by atoms with Crippen molar-refractivity contribution in [3.8, 4) is 23.1 Å². The topological polar surface area (TPSA) is 30.6 Å². The average molecular weight is 427 g/mol. The molecule has 1 unspecified atom stereocenters. The van der Waals surface area contributed by atoms with Gasteiger partial charge in [0.15, 0.2) is 23.1 Å². The van der Waals surface area contributed by atoms with Crippen molar-refractivity contribution < 1.29 is 18.7 Å². The Morgan fingerprint density at radius 3 is 2.36 bits per heavy atom. The van der Waals surface area contributed by atoms with Gasteiger partial charge in [-0.3, -0.25) is 0 Å². The van der Waals surface area contributed by atoms with Crippen LogP contribution in [0.1, 0.15) is 16.7 Å². The highest BCUT2D eigenvalue weighted by molar-refractivity contribution is 6.14. The number of nitrogens with zero attached hydrogens (tertiary/aromatic N) is 3. The van der Waals surface area contributed by atoms with Crippen molar-refractivity contribution in [2.24, 2.45) is 0 Å². The maximum Gasteiger partial charge on any atom is 0.452 e. The van der Waals surface area contributed by atoms with Crippen molar-refractivity contribution in [3.05, 3.63) is 102 Å². The minimum absolute atomic E-state index is 0.634. The quantitative estimate of drug-likeness (QED) is 0.253. The first kappa shape index (κ1) is 16.3. The van der Waals surface area contributed by atoms with E-state index in [-0.39, 0.29) is 0 Å². The zero-order chi connectivity index (χ0) is 21.5. The second kappa shape index (κ2) is 4.99. The number of hydrogen-bond donors (Lipinski definition) is 0. The molecule has 3 aromatic carbocycles. The van der Waals surface area contributed by atoms with E-state index in [0.717, 1.165) is 34.3 Å². The second-order valence-electron chi connectivity index (χ2n) is 9.11. The van der Waals surface area contributed by atoms with Crippen molar-refractivity contribution in [2.75, 3.05) is 0 Å². The van der Waals surface area contributed by atoms with Gasteiger partial charge in [0.25, 0.3) is 0 Å². The predicted octanol–water partition coefficient (Wildman–Crippen LogP) is 4.95. The number of aromatic nitrogens is 3. The van der Waals surface area contributed by atoms with Gasteiger partial charge in [0.2, 0.25) is 6.20 Å². The Morgan fingerprint density at radius 1 is 0.697 bits per heavy atom. The van der Waals surface area contributed by atoms with E-state index in [1.807, 2.05) is 30.3 Å². The summed E-state index contributed by atoms with van der Waals surface area (Å²) in [5.41, 5.74) is 5.24. The van der Waals surface area contributed by atoms with Crippen LogP contribution >= 0.6 is 0 Å². The molecule has 0 fully saturated rings. The van der Waals surface area contributed by atoms with E-state index in [0.29, 0.717) is 0 Å². The number of fused-ring (bicyclic) bond motifs is 4. The maximum absolute atomic E-state index is 6.54. The number of pyridine rings is 2. The molecular weight excluding hydrogens is 410 g/mol. The Bertz CT molecular complexity index is 1890. The molecule has 0 N–H and O–H groups in total. The molecule has 5 heteroatoms. The highest BCUT2D eigenvalue weighted by atomic mass is 16.5. The second-order valence-corrected chi connectivity index (χ2v) is 9.11. The molecule has 0 saturated heterocycles. The van der Waals surface area contributed by atoms with E-state index in [1.165, 1.54) is 32.8 Å². The molecule has 0 amide bonds. The third-order valence-corrected chi connectivity index (χ3v) is 7.56. The molecule has 154 valence electrons. The molecule has 5 nitrogen and oxygen atoms in total. The fraction of sp³-hybridized carbons (Fsp3) is 0.0714. The zero-order valence-corrected chi connectivity index (χ0v) is 17.7. The Balaban J connectivity index is 1.65. The fourth-order valence-electron chi connectivity index (χ4n) is 6.46. The molecule has 0 radical (unpaired) electrons. The summed E-state index contributed by atoms with van der Waals surface area (Å²) in [6, 6.07) is 25.3. The molecular formula is C28H17N3O2+2. The molecule has 1 atom stereocenters. The summed E-state index contributed by atoms with van der Waals surface area (Å²) in [5.74, 6) is 3.36. The van der Waals surface area contributed by atoms with Gasteiger partial charge in [-0.2, -0.15) is 0 Å². The zero-order valence-electron chi connectivity index (χ0n) is 17.7. The van der Waals surface area contributed by atoms with E-state index < -0.39 is 5.66 Å². The first-order valence-corrected chi connectivity index (χ1v) is 11.2. The van der Waals surface area contributed by atoms with Gasteiger partial charge in [0.05, 0.1) is 6.07 Å². The largest absolute Gasteiger partial charge is 0.455 e. The first-order valence-electron chi connectivity index (χ1n) is 11.2. The first-order chi connectivity index (χ1) is 16.3. The van der Waals surface area contributed by atoms with Crippen molar-refractivity contribution in [1.82, 2.24) is 4.52 Å². The molecule has 33 heavy (non-hydrogen) atoms. The normalized spacial score (nSPS) is 18.5. The van der Waals surface area contributed by atoms with Gasteiger partial charge in [0.1, 0.15) is 22.5 Å². The molecule has 6 heterocycles. The monoisotopic (exact) mass is 427 g/mol. The standard InChI is InChI=1S/C28H17N3O2/c1-16-15-30-28-24-20(9-6-10-21(24)33-23-11-4-5-14-29(23)28)32-22-13-12-19-17-7-2-3-8-18(17)26(16)31(30)27(19)25(22)28/h2-15H,1H3/q+2. The lowest BCUT2D eigenvalue weighted by molar-refractivity contribution is -0.995. The average Bonchev–Trinajstić information content (AvgIpc) is 3.34. The Morgan fingerprint density at radius 2 is 1.45 bits per heavy atom. The summed E-state index contributed by atoms with van der Waals surface area (Å²) in [5, 5.41) is 3.75. The van der Waals surface area contributed by atoms with Gasteiger partial charge in [0, 0.05) is 22.4 Å². The van der Waals surface area contributed by atoms with Gasteiger partial charge >= 0.3 is 11.5 Å². The van der Waals surface area contributed by atoms with Crippen LogP contribution in [0.3, 0.4) is 0 Å². The van der Waals surface area contributed by atoms with Crippen LogP contribution in [0.25, 0.3) is 27.2 Å². The number of hydrogen-bond acceptors (Lipinski definition) is 2. The lowest BCUT2D eigenvalue weighted by atomic mass is 9.84. The van der Waals surface area contributed by atoms with Crippen molar-refractivity contribution in [1.29, 1.82) is 0 Å². The van der Waals surface area contributed by atoms with E-state index in [4.69, 9.17) is 9.47 Å². The summed E-state index contributed by atoms with van der Waals surface area (Å²) >= 11 is 0. The molecule has 0 bridgehead atoms. The summed E-state index contributed by atoms with van der Waals surface area (Å²) in [4.78, 5) is 0. The Hall–Kier alpha value is -4.38. The minimum Gasteiger partial charge on any atom is -0.455 e. The summed E-state index contributed by atoms with van der Waals surface area (Å²) in [6.45, 7) is 2.21. The van der Waals surface area contributed by atoms with Crippen LogP contribution < -0.4 is 18.7 Å². The molecule has 0 aliphatic carbocycles. The van der Waals surface area contributed by atoms with Gasteiger partial charge in [-0.25, -0.2) is 0 Å². The third-order valence-electron chi connectivity index (χ3n) is 7.56. The molecule has 0 saturated carbocycles. The van der Waals surface area contributed by atoms with Gasteiger partial charge in [-0.1, -0.05) is 34.9 Å². The molecule has 3 aromatic heterocycles. The smallest absolute Gasteiger partial charge is 0.452 e. The molecule has 9 rings (SSSR count). The Labute approximate surface area is 188 Å². The van der Waals surface area contributed by atoms with Crippen LogP contribution in [-0.4, -0.2) is 4.52 Å². The minimum atomic E-state index is -0.634. The molecule has 3 aliphatic heterocycles. The predicted molar refractivity (Wildman–Crippen MR) is 122 cm³/mol.